The van der Waals surface area contributed by atoms with Crippen LogP contribution in [-0.4, -0.2) is 11.3 Å². The number of ether oxygens (including phenoxy) is 1. The van der Waals surface area contributed by atoms with Gasteiger partial charge in [-0.3, -0.25) is 4.79 Å². The quantitative estimate of drug-likeness (QED) is 0.918. The third-order valence-electron chi connectivity index (χ3n) is 2.30. The molecule has 1 aromatic carbocycles. The fourth-order valence-corrected chi connectivity index (χ4v) is 1.67. The van der Waals surface area contributed by atoms with Crippen molar-refractivity contribution in [2.45, 2.75) is 6.36 Å². The summed E-state index contributed by atoms with van der Waals surface area (Å²) in [5, 5.41) is 0.00752. The predicted molar refractivity (Wildman–Crippen MR) is 64.2 cm³/mol. The summed E-state index contributed by atoms with van der Waals surface area (Å²) >= 11 is 5.66. The maximum absolute atomic E-state index is 12.0. The molecule has 1 heterocycles. The number of nitrogens with one attached hydrogen (secondary N) is 1. The number of hydrogen-bond acceptors (Lipinski definition) is 2. The Morgan fingerprint density at radius 1 is 1.11 bits per heavy atom. The molecule has 1 N–H and O–H groups in total. The molecule has 3 nitrogen and oxygen atoms in total. The number of benzene rings is 1. The summed E-state index contributed by atoms with van der Waals surface area (Å²) in [6, 6.07) is 4.95. The van der Waals surface area contributed by atoms with E-state index in [-0.39, 0.29) is 16.3 Å². The molecule has 0 atom stereocenters. The second kappa shape index (κ2) is 4.97. The molecule has 0 aliphatic carbocycles. The van der Waals surface area contributed by atoms with Gasteiger partial charge in [0.05, 0.1) is 0 Å². The minimum absolute atomic E-state index is 0.00752. The Morgan fingerprint density at radius 2 is 1.74 bits per heavy atom. The van der Waals surface area contributed by atoms with Crippen molar-refractivity contribution in [3.8, 4) is 16.9 Å². The van der Waals surface area contributed by atoms with Gasteiger partial charge in [0, 0.05) is 18.0 Å². The Hall–Kier alpha value is -1.95. The highest BCUT2D eigenvalue weighted by atomic mass is 35.5. The van der Waals surface area contributed by atoms with Crippen molar-refractivity contribution in [3.63, 3.8) is 0 Å². The predicted octanol–water partition coefficient (Wildman–Crippen LogP) is 3.59. The summed E-state index contributed by atoms with van der Waals surface area (Å²) in [6.07, 6.45) is -1.99. The van der Waals surface area contributed by atoms with Crippen LogP contribution in [0.1, 0.15) is 0 Å². The van der Waals surface area contributed by atoms with Crippen molar-refractivity contribution in [2.75, 3.05) is 0 Å². The standard InChI is InChI=1S/C12H7ClF3NO2/c13-10-6-17-5-9(11(10)18)7-1-3-8(4-2-7)19-12(14,15)16/h1-6H,(H,17,18). The highest BCUT2D eigenvalue weighted by Gasteiger charge is 2.30. The van der Waals surface area contributed by atoms with Crippen LogP contribution in [-0.2, 0) is 0 Å². The van der Waals surface area contributed by atoms with Gasteiger partial charge in [0.2, 0.25) is 5.43 Å². The summed E-state index contributed by atoms with van der Waals surface area (Å²) < 4.78 is 39.7. The molecule has 7 heteroatoms. The number of rotatable bonds is 2. The van der Waals surface area contributed by atoms with Crippen LogP contribution in [0, 0.1) is 0 Å². The zero-order valence-corrected chi connectivity index (χ0v) is 10.0. The highest BCUT2D eigenvalue weighted by Crippen LogP contribution is 2.25. The molecule has 0 amide bonds. The van der Waals surface area contributed by atoms with Gasteiger partial charge >= 0.3 is 6.36 Å². The topological polar surface area (TPSA) is 42.1 Å². The maximum atomic E-state index is 12.0. The van der Waals surface area contributed by atoms with E-state index in [9.17, 15) is 18.0 Å². The van der Waals surface area contributed by atoms with Gasteiger partial charge < -0.3 is 9.72 Å². The lowest BCUT2D eigenvalue weighted by Gasteiger charge is -2.09. The normalized spacial score (nSPS) is 11.4. The van der Waals surface area contributed by atoms with Gasteiger partial charge in [-0.15, -0.1) is 13.2 Å². The molecule has 0 aliphatic rings. The fourth-order valence-electron chi connectivity index (χ4n) is 1.51. The van der Waals surface area contributed by atoms with E-state index >= 15 is 0 Å². The molecule has 2 aromatic rings. The van der Waals surface area contributed by atoms with Crippen LogP contribution in [0.25, 0.3) is 11.1 Å². The Bertz CT molecular complexity index is 635. The SMILES string of the molecule is O=c1c(Cl)c[nH]cc1-c1ccc(OC(F)(F)F)cc1. The first-order valence-corrected chi connectivity index (χ1v) is 5.47. The third kappa shape index (κ3) is 3.29. The van der Waals surface area contributed by atoms with Crippen LogP contribution < -0.4 is 10.2 Å². The van der Waals surface area contributed by atoms with Gasteiger partial charge in [0.25, 0.3) is 0 Å². The Labute approximate surface area is 110 Å². The van der Waals surface area contributed by atoms with E-state index in [1.165, 1.54) is 24.5 Å². The van der Waals surface area contributed by atoms with Crippen molar-refractivity contribution in [3.05, 3.63) is 51.9 Å². The number of hydrogen-bond donors (Lipinski definition) is 1. The number of halogens is 4. The second-order valence-corrected chi connectivity index (χ2v) is 4.03. The van der Waals surface area contributed by atoms with E-state index in [0.717, 1.165) is 12.1 Å². The van der Waals surface area contributed by atoms with Crippen LogP contribution in [0.4, 0.5) is 13.2 Å². The first-order chi connectivity index (χ1) is 8.87. The monoisotopic (exact) mass is 289 g/mol. The first-order valence-electron chi connectivity index (χ1n) is 5.09. The van der Waals surface area contributed by atoms with Crippen LogP contribution >= 0.6 is 11.6 Å². The van der Waals surface area contributed by atoms with E-state index in [0.29, 0.717) is 5.56 Å². The first kappa shape index (κ1) is 13.5. The number of aromatic nitrogens is 1. The van der Waals surface area contributed by atoms with Gasteiger partial charge in [-0.2, -0.15) is 0 Å². The fraction of sp³-hybridized carbons (Fsp3) is 0.0833. The number of alkyl halides is 3. The summed E-state index contributed by atoms with van der Waals surface area (Å²) in [5.41, 5.74) is 0.314. The molecule has 2 rings (SSSR count). The molecular weight excluding hydrogens is 283 g/mol. The zero-order valence-electron chi connectivity index (χ0n) is 9.29. The molecule has 0 saturated carbocycles. The number of aromatic amines is 1. The van der Waals surface area contributed by atoms with Crippen molar-refractivity contribution in [1.29, 1.82) is 0 Å². The van der Waals surface area contributed by atoms with E-state index in [1.807, 2.05) is 0 Å². The van der Waals surface area contributed by atoms with E-state index in [1.54, 1.807) is 0 Å². The van der Waals surface area contributed by atoms with Crippen molar-refractivity contribution < 1.29 is 17.9 Å². The summed E-state index contributed by atoms with van der Waals surface area (Å²) in [5.74, 6) is -0.352. The van der Waals surface area contributed by atoms with Crippen molar-refractivity contribution in [2.24, 2.45) is 0 Å². The molecule has 0 bridgehead atoms. The average Bonchev–Trinajstić information content (AvgIpc) is 2.32. The second-order valence-electron chi connectivity index (χ2n) is 3.62. The van der Waals surface area contributed by atoms with E-state index in [2.05, 4.69) is 9.72 Å². The van der Waals surface area contributed by atoms with Crippen LogP contribution in [0.3, 0.4) is 0 Å². The summed E-state index contributed by atoms with van der Waals surface area (Å²) in [7, 11) is 0. The third-order valence-corrected chi connectivity index (χ3v) is 2.58. The molecule has 0 saturated heterocycles. The van der Waals surface area contributed by atoms with Gasteiger partial charge in [-0.1, -0.05) is 23.7 Å². The lowest BCUT2D eigenvalue weighted by atomic mass is 10.1. The molecule has 0 radical (unpaired) electrons. The van der Waals surface area contributed by atoms with Crippen LogP contribution in [0.15, 0.2) is 41.5 Å². The summed E-state index contributed by atoms with van der Waals surface area (Å²) in [4.78, 5) is 14.4. The lowest BCUT2D eigenvalue weighted by Crippen LogP contribution is -2.17. The molecule has 19 heavy (non-hydrogen) atoms. The molecule has 1 aromatic heterocycles. The minimum atomic E-state index is -4.74. The average molecular weight is 290 g/mol. The highest BCUT2D eigenvalue weighted by molar-refractivity contribution is 6.30. The minimum Gasteiger partial charge on any atom is -0.406 e. The van der Waals surface area contributed by atoms with Crippen LogP contribution in [0.2, 0.25) is 5.02 Å². The molecular formula is C12H7ClF3NO2. The molecule has 0 spiro atoms. The Kier molecular flexibility index (Phi) is 3.53. The smallest absolute Gasteiger partial charge is 0.406 e. The van der Waals surface area contributed by atoms with Gasteiger partial charge in [0.15, 0.2) is 0 Å². The number of pyridine rings is 1. The van der Waals surface area contributed by atoms with Crippen molar-refractivity contribution >= 4 is 11.6 Å². The number of H-pyrrole nitrogens is 1. The maximum Gasteiger partial charge on any atom is 0.573 e. The van der Waals surface area contributed by atoms with Gasteiger partial charge in [0.1, 0.15) is 10.8 Å². The Morgan fingerprint density at radius 3 is 2.32 bits per heavy atom. The van der Waals surface area contributed by atoms with Crippen LogP contribution in [0.5, 0.6) is 5.75 Å². The largest absolute Gasteiger partial charge is 0.573 e. The molecule has 0 unspecified atom stereocenters. The summed E-state index contributed by atoms with van der Waals surface area (Å²) in [6.45, 7) is 0. The van der Waals surface area contributed by atoms with Crippen molar-refractivity contribution in [1.82, 2.24) is 4.98 Å². The van der Waals surface area contributed by atoms with E-state index < -0.39 is 11.8 Å². The molecule has 0 aliphatic heterocycles. The molecule has 0 fully saturated rings. The van der Waals surface area contributed by atoms with Gasteiger partial charge in [-0.25, -0.2) is 0 Å². The molecule has 100 valence electrons. The zero-order chi connectivity index (χ0) is 14.0. The lowest BCUT2D eigenvalue weighted by molar-refractivity contribution is -0.274. The van der Waals surface area contributed by atoms with E-state index in [4.69, 9.17) is 11.6 Å². The Balaban J connectivity index is 2.33. The van der Waals surface area contributed by atoms with Gasteiger partial charge in [-0.05, 0) is 17.7 Å².